The number of phenols is 1. The van der Waals surface area contributed by atoms with Crippen LogP contribution in [0.4, 0.5) is 4.79 Å². The summed E-state index contributed by atoms with van der Waals surface area (Å²) in [6, 6.07) is 3.93. The molecular formula is C15H22N2O4. The Morgan fingerprint density at radius 1 is 1.38 bits per heavy atom. The van der Waals surface area contributed by atoms with Crippen LogP contribution in [0.2, 0.25) is 0 Å². The Bertz CT molecular complexity index is 535. The number of carbonyl (C=O) groups excluding carboxylic acids is 2. The molecule has 6 nitrogen and oxygen atoms in total. The van der Waals surface area contributed by atoms with Gasteiger partial charge in [0.25, 0.3) is 0 Å². The Labute approximate surface area is 124 Å². The van der Waals surface area contributed by atoms with Gasteiger partial charge < -0.3 is 20.9 Å². The second kappa shape index (κ2) is 6.47. The van der Waals surface area contributed by atoms with E-state index in [1.807, 2.05) is 0 Å². The quantitative estimate of drug-likeness (QED) is 0.785. The molecule has 1 atom stereocenters. The smallest absolute Gasteiger partial charge is 0.408 e. The van der Waals surface area contributed by atoms with E-state index in [2.05, 4.69) is 5.32 Å². The predicted molar refractivity (Wildman–Crippen MR) is 78.9 cm³/mol. The van der Waals surface area contributed by atoms with E-state index in [1.165, 1.54) is 6.07 Å². The molecule has 0 saturated carbocycles. The summed E-state index contributed by atoms with van der Waals surface area (Å²) in [4.78, 5) is 23.2. The molecule has 21 heavy (non-hydrogen) atoms. The van der Waals surface area contributed by atoms with Gasteiger partial charge in [0.2, 0.25) is 5.91 Å². The number of phenolic OH excluding ortho intramolecular Hbond substituents is 1. The highest BCUT2D eigenvalue weighted by atomic mass is 16.6. The van der Waals surface area contributed by atoms with Gasteiger partial charge in [-0.2, -0.15) is 0 Å². The van der Waals surface area contributed by atoms with Gasteiger partial charge in [0.15, 0.2) is 0 Å². The van der Waals surface area contributed by atoms with Gasteiger partial charge in [-0.25, -0.2) is 4.79 Å². The van der Waals surface area contributed by atoms with E-state index in [9.17, 15) is 14.7 Å². The molecule has 116 valence electrons. The number of alkyl carbamates (subject to hydrolysis) is 1. The Morgan fingerprint density at radius 2 is 2.00 bits per heavy atom. The summed E-state index contributed by atoms with van der Waals surface area (Å²) >= 11 is 0. The lowest BCUT2D eigenvalue weighted by Crippen LogP contribution is -2.47. The third kappa shape index (κ3) is 5.72. The minimum atomic E-state index is -0.872. The van der Waals surface area contributed by atoms with Crippen molar-refractivity contribution in [3.8, 4) is 5.75 Å². The van der Waals surface area contributed by atoms with Gasteiger partial charge in [-0.15, -0.1) is 0 Å². The summed E-state index contributed by atoms with van der Waals surface area (Å²) < 4.78 is 5.11. The van der Waals surface area contributed by atoms with Gasteiger partial charge in [0.1, 0.15) is 17.4 Å². The minimum Gasteiger partial charge on any atom is -0.508 e. The third-order valence-electron chi connectivity index (χ3n) is 2.78. The molecule has 0 heterocycles. The number of nitrogens with one attached hydrogen (secondary N) is 1. The SMILES string of the molecule is Cc1cc(O)ccc1CC(NC(=O)OC(C)(C)C)C(N)=O. The fraction of sp³-hybridized carbons (Fsp3) is 0.467. The molecule has 4 N–H and O–H groups in total. The van der Waals surface area contributed by atoms with Gasteiger partial charge in [0, 0.05) is 6.42 Å². The van der Waals surface area contributed by atoms with Crippen LogP contribution in [0.15, 0.2) is 18.2 Å². The number of primary amides is 1. The topological polar surface area (TPSA) is 102 Å². The number of ether oxygens (including phenoxy) is 1. The molecule has 1 aromatic carbocycles. The predicted octanol–water partition coefficient (Wildman–Crippen LogP) is 1.62. The number of hydrogen-bond donors (Lipinski definition) is 3. The zero-order chi connectivity index (χ0) is 16.2. The fourth-order valence-corrected chi connectivity index (χ4v) is 1.80. The van der Waals surface area contributed by atoms with Gasteiger partial charge >= 0.3 is 6.09 Å². The highest BCUT2D eigenvalue weighted by molar-refractivity contribution is 5.84. The Kier molecular flexibility index (Phi) is 5.18. The lowest BCUT2D eigenvalue weighted by Gasteiger charge is -2.22. The molecule has 0 bridgehead atoms. The zero-order valence-corrected chi connectivity index (χ0v) is 12.8. The van der Waals surface area contributed by atoms with Crippen LogP contribution >= 0.6 is 0 Å². The van der Waals surface area contributed by atoms with Crippen molar-refractivity contribution in [3.05, 3.63) is 29.3 Å². The molecule has 0 aliphatic rings. The van der Waals surface area contributed by atoms with Crippen LogP contribution in [0.25, 0.3) is 0 Å². The molecule has 6 heteroatoms. The monoisotopic (exact) mass is 294 g/mol. The van der Waals surface area contributed by atoms with Crippen LogP contribution in [0.5, 0.6) is 5.75 Å². The number of amides is 2. The molecule has 1 rings (SSSR count). The van der Waals surface area contributed by atoms with Crippen LogP contribution in [0.1, 0.15) is 31.9 Å². The van der Waals surface area contributed by atoms with E-state index in [0.29, 0.717) is 0 Å². The van der Waals surface area contributed by atoms with Crippen molar-refractivity contribution in [1.29, 1.82) is 0 Å². The Morgan fingerprint density at radius 3 is 2.48 bits per heavy atom. The lowest BCUT2D eigenvalue weighted by molar-refractivity contribution is -0.120. The van der Waals surface area contributed by atoms with Crippen molar-refractivity contribution in [2.45, 2.75) is 45.8 Å². The summed E-state index contributed by atoms with van der Waals surface area (Å²) in [5, 5.41) is 11.8. The van der Waals surface area contributed by atoms with Crippen LogP contribution in [0, 0.1) is 6.92 Å². The first-order valence-corrected chi connectivity index (χ1v) is 6.66. The van der Waals surface area contributed by atoms with E-state index in [0.717, 1.165) is 11.1 Å². The number of nitrogens with two attached hydrogens (primary N) is 1. The fourth-order valence-electron chi connectivity index (χ4n) is 1.80. The molecule has 0 spiro atoms. The lowest BCUT2D eigenvalue weighted by atomic mass is 10.0. The second-order valence-corrected chi connectivity index (χ2v) is 5.92. The highest BCUT2D eigenvalue weighted by Crippen LogP contribution is 2.17. The van der Waals surface area contributed by atoms with Crippen LogP contribution in [0.3, 0.4) is 0 Å². The summed E-state index contributed by atoms with van der Waals surface area (Å²) in [5.41, 5.74) is 6.29. The van der Waals surface area contributed by atoms with Gasteiger partial charge in [0.05, 0.1) is 0 Å². The number of aryl methyl sites for hydroxylation is 1. The minimum absolute atomic E-state index is 0.145. The maximum atomic E-state index is 11.7. The van der Waals surface area contributed by atoms with Crippen molar-refractivity contribution in [3.63, 3.8) is 0 Å². The summed E-state index contributed by atoms with van der Waals surface area (Å²) in [6.07, 6.45) is -0.455. The first-order chi connectivity index (χ1) is 9.58. The largest absolute Gasteiger partial charge is 0.508 e. The molecule has 0 aliphatic carbocycles. The Hall–Kier alpha value is -2.24. The summed E-state index contributed by atoms with van der Waals surface area (Å²) in [6.45, 7) is 7.00. The van der Waals surface area contributed by atoms with E-state index in [-0.39, 0.29) is 12.2 Å². The van der Waals surface area contributed by atoms with Crippen molar-refractivity contribution < 1.29 is 19.4 Å². The Balaban J connectivity index is 2.79. The van der Waals surface area contributed by atoms with Crippen LogP contribution < -0.4 is 11.1 Å². The maximum absolute atomic E-state index is 11.7. The van der Waals surface area contributed by atoms with E-state index in [1.54, 1.807) is 39.8 Å². The molecule has 2 amide bonds. The molecule has 0 radical (unpaired) electrons. The molecule has 0 fully saturated rings. The van der Waals surface area contributed by atoms with E-state index >= 15 is 0 Å². The molecule has 0 aliphatic heterocycles. The molecule has 1 aromatic rings. The molecule has 0 saturated heterocycles. The first-order valence-electron chi connectivity index (χ1n) is 6.66. The number of hydrogen-bond acceptors (Lipinski definition) is 4. The van der Waals surface area contributed by atoms with Crippen molar-refractivity contribution >= 4 is 12.0 Å². The van der Waals surface area contributed by atoms with E-state index in [4.69, 9.17) is 10.5 Å². The highest BCUT2D eigenvalue weighted by Gasteiger charge is 2.23. The number of aromatic hydroxyl groups is 1. The van der Waals surface area contributed by atoms with Crippen LogP contribution in [-0.4, -0.2) is 28.7 Å². The van der Waals surface area contributed by atoms with Crippen molar-refractivity contribution in [2.75, 3.05) is 0 Å². The zero-order valence-electron chi connectivity index (χ0n) is 12.8. The normalized spacial score (nSPS) is 12.6. The molecule has 1 unspecified atom stereocenters. The summed E-state index contributed by atoms with van der Waals surface area (Å²) in [7, 11) is 0. The molecule has 0 aromatic heterocycles. The standard InChI is InChI=1S/C15H22N2O4/c1-9-7-11(18)6-5-10(9)8-12(13(16)19)17-14(20)21-15(2,3)4/h5-7,12,18H,8H2,1-4H3,(H2,16,19)(H,17,20). The first kappa shape index (κ1) is 16.8. The second-order valence-electron chi connectivity index (χ2n) is 5.92. The van der Waals surface area contributed by atoms with Crippen molar-refractivity contribution in [1.82, 2.24) is 5.32 Å². The van der Waals surface area contributed by atoms with Crippen LogP contribution in [-0.2, 0) is 16.0 Å². The third-order valence-corrected chi connectivity index (χ3v) is 2.78. The average molecular weight is 294 g/mol. The maximum Gasteiger partial charge on any atom is 0.408 e. The van der Waals surface area contributed by atoms with Gasteiger partial charge in [-0.1, -0.05) is 6.07 Å². The number of rotatable bonds is 4. The van der Waals surface area contributed by atoms with Gasteiger partial charge in [-0.3, -0.25) is 4.79 Å². The number of benzene rings is 1. The van der Waals surface area contributed by atoms with Gasteiger partial charge in [-0.05, 0) is 51.0 Å². The van der Waals surface area contributed by atoms with Crippen molar-refractivity contribution in [2.24, 2.45) is 5.73 Å². The average Bonchev–Trinajstić information content (AvgIpc) is 2.28. The molecular weight excluding hydrogens is 272 g/mol. The number of carbonyl (C=O) groups is 2. The summed E-state index contributed by atoms with van der Waals surface area (Å²) in [5.74, 6) is -0.500. The van der Waals surface area contributed by atoms with E-state index < -0.39 is 23.6 Å².